The van der Waals surface area contributed by atoms with Gasteiger partial charge in [0, 0.05) is 12.8 Å². The molecule has 3 nitrogen and oxygen atoms in total. The molecule has 0 bridgehead atoms. The van der Waals surface area contributed by atoms with Gasteiger partial charge in [-0.2, -0.15) is 0 Å². The van der Waals surface area contributed by atoms with Gasteiger partial charge in [-0.3, -0.25) is 0 Å². The van der Waals surface area contributed by atoms with Crippen LogP contribution in [-0.4, -0.2) is 12.7 Å². The minimum Gasteiger partial charge on any atom is -0.454 e. The zero-order valence-electron chi connectivity index (χ0n) is 8.80. The molecule has 0 unspecified atom stereocenters. The fraction of sp³-hybridized carbons (Fsp3) is 0.455. The molecule has 92 valence electrons. The van der Waals surface area contributed by atoms with Gasteiger partial charge in [0.05, 0.1) is 10.6 Å². The Kier molecular flexibility index (Phi) is 2.10. The van der Waals surface area contributed by atoms with Gasteiger partial charge in [0.15, 0.2) is 11.5 Å². The van der Waals surface area contributed by atoms with Gasteiger partial charge in [-0.05, 0) is 17.7 Å². The summed E-state index contributed by atoms with van der Waals surface area (Å²) in [5, 5.41) is 0.343. The van der Waals surface area contributed by atoms with Crippen LogP contribution in [0.15, 0.2) is 12.1 Å². The van der Waals surface area contributed by atoms with E-state index in [1.165, 1.54) is 0 Å². The molecule has 0 aromatic heterocycles. The Morgan fingerprint density at radius 3 is 2.59 bits per heavy atom. The fourth-order valence-corrected chi connectivity index (χ4v) is 2.60. The first-order valence-corrected chi connectivity index (χ1v) is 5.54. The van der Waals surface area contributed by atoms with Crippen LogP contribution in [0.4, 0.5) is 8.78 Å². The predicted octanol–water partition coefficient (Wildman–Crippen LogP) is 2.65. The first kappa shape index (κ1) is 11.0. The molecule has 3 rings (SSSR count). The molecule has 1 aromatic carbocycles. The summed E-state index contributed by atoms with van der Waals surface area (Å²) in [6.45, 7) is 0.0895. The predicted molar refractivity (Wildman–Crippen MR) is 57.6 cm³/mol. The third kappa shape index (κ3) is 1.65. The second-order valence-corrected chi connectivity index (χ2v) is 4.96. The van der Waals surface area contributed by atoms with Gasteiger partial charge in [0.2, 0.25) is 6.79 Å². The van der Waals surface area contributed by atoms with Crippen molar-refractivity contribution >= 4 is 11.6 Å². The van der Waals surface area contributed by atoms with Crippen molar-refractivity contribution in [2.75, 3.05) is 6.79 Å². The Morgan fingerprint density at radius 1 is 1.24 bits per heavy atom. The van der Waals surface area contributed by atoms with Crippen LogP contribution in [0, 0.1) is 0 Å². The van der Waals surface area contributed by atoms with E-state index in [2.05, 4.69) is 0 Å². The molecule has 2 N–H and O–H groups in total. The Hall–Kier alpha value is -1.07. The number of hydrogen-bond donors (Lipinski definition) is 1. The molecule has 0 radical (unpaired) electrons. The average molecular weight is 262 g/mol. The van der Waals surface area contributed by atoms with Crippen LogP contribution in [0.5, 0.6) is 11.5 Å². The second kappa shape index (κ2) is 3.23. The quantitative estimate of drug-likeness (QED) is 0.845. The summed E-state index contributed by atoms with van der Waals surface area (Å²) in [5.74, 6) is -1.77. The van der Waals surface area contributed by atoms with E-state index in [0.717, 1.165) is 0 Å². The third-order valence-corrected chi connectivity index (χ3v) is 3.43. The Labute approximate surface area is 101 Å². The number of fused-ring (bicyclic) bond motifs is 1. The molecule has 1 fully saturated rings. The number of hydrogen-bond acceptors (Lipinski definition) is 3. The highest BCUT2D eigenvalue weighted by Crippen LogP contribution is 2.52. The Bertz CT molecular complexity index is 485. The minimum absolute atomic E-state index is 0.0895. The number of halogens is 3. The highest BCUT2D eigenvalue weighted by molar-refractivity contribution is 6.32. The summed E-state index contributed by atoms with van der Waals surface area (Å²) in [4.78, 5) is 0. The van der Waals surface area contributed by atoms with Gasteiger partial charge in [0.25, 0.3) is 5.92 Å². The molecule has 1 aliphatic carbocycles. The summed E-state index contributed by atoms with van der Waals surface area (Å²) >= 11 is 5.98. The van der Waals surface area contributed by atoms with Crippen LogP contribution in [0.2, 0.25) is 5.02 Å². The summed E-state index contributed by atoms with van der Waals surface area (Å²) < 4.78 is 36.2. The van der Waals surface area contributed by atoms with E-state index in [9.17, 15) is 8.78 Å². The molecule has 0 amide bonds. The molecule has 1 aromatic rings. The van der Waals surface area contributed by atoms with Crippen LogP contribution in [0.1, 0.15) is 18.4 Å². The van der Waals surface area contributed by atoms with E-state index in [1.807, 2.05) is 0 Å². The molecule has 0 atom stereocenters. The lowest BCUT2D eigenvalue weighted by atomic mass is 9.70. The topological polar surface area (TPSA) is 44.5 Å². The van der Waals surface area contributed by atoms with Gasteiger partial charge < -0.3 is 15.2 Å². The average Bonchev–Trinajstić information content (AvgIpc) is 2.62. The largest absolute Gasteiger partial charge is 0.454 e. The van der Waals surface area contributed by atoms with Gasteiger partial charge in [-0.25, -0.2) is 8.78 Å². The van der Waals surface area contributed by atoms with Crippen molar-refractivity contribution in [1.29, 1.82) is 0 Å². The SMILES string of the molecule is NC1(c2cc(Cl)c3c(c2)OCO3)CC(F)(F)C1. The lowest BCUT2D eigenvalue weighted by Gasteiger charge is -2.44. The molecular weight excluding hydrogens is 252 g/mol. The lowest BCUT2D eigenvalue weighted by Crippen LogP contribution is -2.55. The summed E-state index contributed by atoms with van der Waals surface area (Å²) in [6.07, 6.45) is -0.730. The van der Waals surface area contributed by atoms with Crippen LogP contribution in [0.25, 0.3) is 0 Å². The van der Waals surface area contributed by atoms with Crippen molar-refractivity contribution in [2.45, 2.75) is 24.3 Å². The van der Waals surface area contributed by atoms with E-state index in [1.54, 1.807) is 12.1 Å². The van der Waals surface area contributed by atoms with Crippen LogP contribution >= 0.6 is 11.6 Å². The molecule has 6 heteroatoms. The molecule has 0 saturated heterocycles. The zero-order valence-corrected chi connectivity index (χ0v) is 9.56. The number of ether oxygens (including phenoxy) is 2. The van der Waals surface area contributed by atoms with E-state index >= 15 is 0 Å². The standard InChI is InChI=1S/C11H10ClF2NO2/c12-7-1-6(2-8-9(7)17-5-16-8)10(15)3-11(13,14)4-10/h1-2H,3-5,15H2. The number of benzene rings is 1. The lowest BCUT2D eigenvalue weighted by molar-refractivity contribution is -0.125. The maximum Gasteiger partial charge on any atom is 0.252 e. The van der Waals surface area contributed by atoms with Crippen LogP contribution in [0.3, 0.4) is 0 Å². The van der Waals surface area contributed by atoms with Crippen molar-refractivity contribution in [3.05, 3.63) is 22.7 Å². The van der Waals surface area contributed by atoms with Crippen molar-refractivity contribution in [3.8, 4) is 11.5 Å². The van der Waals surface area contributed by atoms with Crippen molar-refractivity contribution in [3.63, 3.8) is 0 Å². The molecule has 2 aliphatic rings. The smallest absolute Gasteiger partial charge is 0.252 e. The Morgan fingerprint density at radius 2 is 1.94 bits per heavy atom. The fourth-order valence-electron chi connectivity index (χ4n) is 2.33. The van der Waals surface area contributed by atoms with Gasteiger partial charge in [-0.15, -0.1) is 0 Å². The first-order chi connectivity index (χ1) is 7.90. The molecular formula is C11H10ClF2NO2. The summed E-state index contributed by atoms with van der Waals surface area (Å²) in [5.41, 5.74) is 5.48. The van der Waals surface area contributed by atoms with E-state index in [-0.39, 0.29) is 19.6 Å². The van der Waals surface area contributed by atoms with Crippen LogP contribution in [-0.2, 0) is 5.54 Å². The molecule has 17 heavy (non-hydrogen) atoms. The third-order valence-electron chi connectivity index (χ3n) is 3.15. The van der Waals surface area contributed by atoms with E-state index < -0.39 is 11.5 Å². The maximum atomic E-state index is 12.9. The second-order valence-electron chi connectivity index (χ2n) is 4.56. The zero-order chi connectivity index (χ0) is 12.3. The van der Waals surface area contributed by atoms with E-state index in [0.29, 0.717) is 22.1 Å². The van der Waals surface area contributed by atoms with Crippen LogP contribution < -0.4 is 15.2 Å². The highest BCUT2D eigenvalue weighted by Gasteiger charge is 2.55. The number of alkyl halides is 2. The number of rotatable bonds is 1. The van der Waals surface area contributed by atoms with Crippen molar-refractivity contribution in [1.82, 2.24) is 0 Å². The number of nitrogens with two attached hydrogens (primary N) is 1. The molecule has 1 saturated carbocycles. The minimum atomic E-state index is -2.68. The van der Waals surface area contributed by atoms with Gasteiger partial charge in [-0.1, -0.05) is 11.6 Å². The monoisotopic (exact) mass is 261 g/mol. The van der Waals surface area contributed by atoms with Crippen molar-refractivity contribution < 1.29 is 18.3 Å². The van der Waals surface area contributed by atoms with Gasteiger partial charge in [0.1, 0.15) is 0 Å². The normalized spacial score (nSPS) is 23.3. The Balaban J connectivity index is 1.98. The molecule has 0 spiro atoms. The first-order valence-electron chi connectivity index (χ1n) is 5.16. The molecule has 1 heterocycles. The molecule has 1 aliphatic heterocycles. The summed E-state index contributed by atoms with van der Waals surface area (Å²) in [7, 11) is 0. The van der Waals surface area contributed by atoms with Crippen molar-refractivity contribution in [2.24, 2.45) is 5.73 Å². The maximum absolute atomic E-state index is 12.9. The van der Waals surface area contributed by atoms with E-state index in [4.69, 9.17) is 26.8 Å². The summed E-state index contributed by atoms with van der Waals surface area (Å²) in [6, 6.07) is 3.20. The highest BCUT2D eigenvalue weighted by atomic mass is 35.5. The van der Waals surface area contributed by atoms with Gasteiger partial charge >= 0.3 is 0 Å².